The smallest absolute Gasteiger partial charge is 0.229 e. The van der Waals surface area contributed by atoms with Crippen LogP contribution in [0, 0.1) is 19.8 Å². The first kappa shape index (κ1) is 17.5. The average Bonchev–Trinajstić information content (AvgIpc) is 2.94. The second-order valence-corrected chi connectivity index (χ2v) is 7.03. The minimum Gasteiger partial charge on any atom is -0.338 e. The highest BCUT2D eigenvalue weighted by molar-refractivity contribution is 6.30. The van der Waals surface area contributed by atoms with E-state index in [1.807, 2.05) is 44.2 Å². The Hall–Kier alpha value is -2.33. The van der Waals surface area contributed by atoms with Crippen molar-refractivity contribution >= 4 is 29.1 Å². The van der Waals surface area contributed by atoms with Crippen LogP contribution in [0.4, 0.5) is 5.69 Å². The van der Waals surface area contributed by atoms with Crippen molar-refractivity contribution in [1.82, 2.24) is 4.90 Å². The lowest BCUT2D eigenvalue weighted by molar-refractivity contribution is -0.128. The van der Waals surface area contributed by atoms with E-state index in [0.717, 1.165) is 16.8 Å². The second-order valence-electron chi connectivity index (χ2n) is 6.59. The van der Waals surface area contributed by atoms with Crippen molar-refractivity contribution in [2.24, 2.45) is 5.92 Å². The van der Waals surface area contributed by atoms with Gasteiger partial charge in [-0.1, -0.05) is 29.8 Å². The van der Waals surface area contributed by atoms with E-state index >= 15 is 0 Å². The minimum atomic E-state index is -0.318. The van der Waals surface area contributed by atoms with Gasteiger partial charge in [0.05, 0.1) is 5.92 Å². The van der Waals surface area contributed by atoms with Gasteiger partial charge in [0.2, 0.25) is 11.8 Å². The van der Waals surface area contributed by atoms with Crippen LogP contribution in [0.25, 0.3) is 0 Å². The highest BCUT2D eigenvalue weighted by atomic mass is 35.5. The second kappa shape index (κ2) is 7.28. The number of benzene rings is 2. The Morgan fingerprint density at radius 1 is 1.16 bits per heavy atom. The lowest BCUT2D eigenvalue weighted by atomic mass is 10.1. The molecule has 1 aliphatic rings. The molecule has 1 atom stereocenters. The monoisotopic (exact) mass is 356 g/mol. The normalized spacial score (nSPS) is 17.0. The number of nitrogens with one attached hydrogen (secondary N) is 1. The van der Waals surface area contributed by atoms with E-state index < -0.39 is 0 Å². The van der Waals surface area contributed by atoms with E-state index in [-0.39, 0.29) is 24.2 Å². The van der Waals surface area contributed by atoms with E-state index in [4.69, 9.17) is 11.6 Å². The summed E-state index contributed by atoms with van der Waals surface area (Å²) >= 11 is 5.89. The maximum absolute atomic E-state index is 12.5. The Labute approximate surface area is 152 Å². The molecule has 2 amide bonds. The molecule has 1 N–H and O–H groups in total. The van der Waals surface area contributed by atoms with Crippen LogP contribution in [-0.2, 0) is 16.1 Å². The van der Waals surface area contributed by atoms with Gasteiger partial charge in [0, 0.05) is 30.2 Å². The zero-order valence-corrected chi connectivity index (χ0v) is 15.1. The summed E-state index contributed by atoms with van der Waals surface area (Å²) < 4.78 is 0. The van der Waals surface area contributed by atoms with Gasteiger partial charge in [-0.2, -0.15) is 0 Å². The van der Waals surface area contributed by atoms with Crippen LogP contribution in [0.3, 0.4) is 0 Å². The molecule has 5 heteroatoms. The fourth-order valence-corrected chi connectivity index (χ4v) is 3.10. The molecule has 1 heterocycles. The summed E-state index contributed by atoms with van der Waals surface area (Å²) in [5.74, 6) is -0.410. The number of nitrogens with zero attached hydrogens (tertiary/aromatic N) is 1. The number of rotatable bonds is 4. The van der Waals surface area contributed by atoms with Gasteiger partial charge in [-0.3, -0.25) is 9.59 Å². The van der Waals surface area contributed by atoms with Crippen LogP contribution < -0.4 is 5.32 Å². The zero-order chi connectivity index (χ0) is 18.0. The molecule has 0 spiro atoms. The first-order chi connectivity index (χ1) is 11.9. The Bertz CT molecular complexity index is 802. The predicted molar refractivity (Wildman–Crippen MR) is 99.5 cm³/mol. The highest BCUT2D eigenvalue weighted by Gasteiger charge is 2.34. The van der Waals surface area contributed by atoms with Gasteiger partial charge in [-0.25, -0.2) is 0 Å². The first-order valence-corrected chi connectivity index (χ1v) is 8.70. The van der Waals surface area contributed by atoms with E-state index in [0.29, 0.717) is 18.1 Å². The Morgan fingerprint density at radius 2 is 1.88 bits per heavy atom. The van der Waals surface area contributed by atoms with Gasteiger partial charge in [0.1, 0.15) is 0 Å². The fourth-order valence-electron chi connectivity index (χ4n) is 2.97. The van der Waals surface area contributed by atoms with Crippen LogP contribution >= 0.6 is 11.6 Å². The summed E-state index contributed by atoms with van der Waals surface area (Å²) in [5, 5.41) is 3.60. The van der Waals surface area contributed by atoms with Crippen LogP contribution in [-0.4, -0.2) is 23.3 Å². The summed E-state index contributed by atoms with van der Waals surface area (Å²) in [4.78, 5) is 26.5. The SMILES string of the molecule is Cc1ccc(NC(=O)C2CC(=O)N(Cc3ccc(Cl)cc3)C2)cc1C. The van der Waals surface area contributed by atoms with Gasteiger partial charge in [-0.15, -0.1) is 0 Å². The van der Waals surface area contributed by atoms with Crippen molar-refractivity contribution in [2.75, 3.05) is 11.9 Å². The van der Waals surface area contributed by atoms with Gasteiger partial charge >= 0.3 is 0 Å². The average molecular weight is 357 g/mol. The van der Waals surface area contributed by atoms with Crippen molar-refractivity contribution < 1.29 is 9.59 Å². The number of halogens is 1. The molecule has 2 aromatic carbocycles. The third-order valence-electron chi connectivity index (χ3n) is 4.65. The van der Waals surface area contributed by atoms with Crippen LogP contribution in [0.5, 0.6) is 0 Å². The van der Waals surface area contributed by atoms with Crippen LogP contribution in [0.1, 0.15) is 23.1 Å². The molecule has 1 unspecified atom stereocenters. The maximum Gasteiger partial charge on any atom is 0.229 e. The molecule has 4 nitrogen and oxygen atoms in total. The Morgan fingerprint density at radius 3 is 2.56 bits per heavy atom. The van der Waals surface area contributed by atoms with Crippen molar-refractivity contribution in [3.05, 3.63) is 64.2 Å². The minimum absolute atomic E-state index is 0.00943. The van der Waals surface area contributed by atoms with Crippen molar-refractivity contribution in [2.45, 2.75) is 26.8 Å². The molecule has 0 bridgehead atoms. The molecule has 25 heavy (non-hydrogen) atoms. The van der Waals surface area contributed by atoms with Gasteiger partial charge in [0.25, 0.3) is 0 Å². The van der Waals surface area contributed by atoms with Crippen LogP contribution in [0.15, 0.2) is 42.5 Å². The molecular formula is C20H21ClN2O2. The molecule has 0 aromatic heterocycles. The van der Waals surface area contributed by atoms with E-state index in [1.165, 1.54) is 5.56 Å². The number of carbonyl (C=O) groups is 2. The highest BCUT2D eigenvalue weighted by Crippen LogP contribution is 2.23. The molecule has 3 rings (SSSR count). The maximum atomic E-state index is 12.5. The summed E-state index contributed by atoms with van der Waals surface area (Å²) in [7, 11) is 0. The number of anilines is 1. The molecular weight excluding hydrogens is 336 g/mol. The Balaban J connectivity index is 1.62. The Kier molecular flexibility index (Phi) is 5.09. The zero-order valence-electron chi connectivity index (χ0n) is 14.4. The van der Waals surface area contributed by atoms with E-state index in [9.17, 15) is 9.59 Å². The molecule has 1 fully saturated rings. The lowest BCUT2D eigenvalue weighted by Gasteiger charge is -2.17. The molecule has 0 aliphatic carbocycles. The molecule has 0 radical (unpaired) electrons. The number of likely N-dealkylation sites (tertiary alicyclic amines) is 1. The van der Waals surface area contributed by atoms with E-state index in [1.54, 1.807) is 17.0 Å². The summed E-state index contributed by atoms with van der Waals surface area (Å²) in [6, 6.07) is 13.2. The largest absolute Gasteiger partial charge is 0.338 e. The standard InChI is InChI=1S/C20H21ClN2O2/c1-13-3-8-18(9-14(13)2)22-20(25)16-10-19(24)23(12-16)11-15-4-6-17(21)7-5-15/h3-9,16H,10-12H2,1-2H3,(H,22,25). The molecule has 130 valence electrons. The summed E-state index contributed by atoms with van der Waals surface area (Å²) in [6.45, 7) is 4.99. The van der Waals surface area contributed by atoms with Gasteiger partial charge in [0.15, 0.2) is 0 Å². The van der Waals surface area contributed by atoms with Crippen molar-refractivity contribution in [3.8, 4) is 0 Å². The molecule has 1 saturated heterocycles. The molecule has 2 aromatic rings. The third-order valence-corrected chi connectivity index (χ3v) is 4.90. The number of aryl methyl sites for hydroxylation is 2. The quantitative estimate of drug-likeness (QED) is 0.901. The number of hydrogen-bond donors (Lipinski definition) is 1. The third kappa shape index (κ3) is 4.20. The number of amides is 2. The van der Waals surface area contributed by atoms with Crippen molar-refractivity contribution in [1.29, 1.82) is 0 Å². The summed E-state index contributed by atoms with van der Waals surface area (Å²) in [6.07, 6.45) is 0.254. The molecule has 0 saturated carbocycles. The molecule has 1 aliphatic heterocycles. The van der Waals surface area contributed by atoms with Gasteiger partial charge < -0.3 is 10.2 Å². The predicted octanol–water partition coefficient (Wildman–Crippen LogP) is 3.94. The number of carbonyl (C=O) groups excluding carboxylic acids is 2. The van der Waals surface area contributed by atoms with Crippen molar-refractivity contribution in [3.63, 3.8) is 0 Å². The number of hydrogen-bond acceptors (Lipinski definition) is 2. The van der Waals surface area contributed by atoms with Crippen LogP contribution in [0.2, 0.25) is 5.02 Å². The van der Waals surface area contributed by atoms with E-state index in [2.05, 4.69) is 5.32 Å². The fraction of sp³-hybridized carbons (Fsp3) is 0.300. The first-order valence-electron chi connectivity index (χ1n) is 8.32. The lowest BCUT2D eigenvalue weighted by Crippen LogP contribution is -2.28. The van der Waals surface area contributed by atoms with Gasteiger partial charge in [-0.05, 0) is 54.8 Å². The topological polar surface area (TPSA) is 49.4 Å². The summed E-state index contributed by atoms with van der Waals surface area (Å²) in [5.41, 5.74) is 4.09.